The van der Waals surface area contributed by atoms with E-state index in [9.17, 15) is 13.2 Å². The average molecular weight is 477 g/mol. The molecule has 0 aliphatic carbocycles. The molecule has 0 saturated carbocycles. The second-order valence-corrected chi connectivity index (χ2v) is 10.8. The Kier molecular flexibility index (Phi) is 5.64. The molecule has 1 fully saturated rings. The fourth-order valence-corrected chi connectivity index (χ4v) is 6.31. The molecular formula is C26H21ClN2O3S. The van der Waals surface area contributed by atoms with Crippen molar-refractivity contribution in [3.05, 3.63) is 112 Å². The van der Waals surface area contributed by atoms with Crippen LogP contribution in [0.1, 0.15) is 27.5 Å². The topological polar surface area (TPSA) is 66.8 Å². The summed E-state index contributed by atoms with van der Waals surface area (Å²) in [6, 6.07) is 25.2. The molecule has 0 radical (unpaired) electrons. The summed E-state index contributed by atoms with van der Waals surface area (Å²) in [5.41, 5.74) is 3.47. The minimum Gasteiger partial charge on any atom is -0.267 e. The van der Waals surface area contributed by atoms with Crippen LogP contribution in [0.25, 0.3) is 6.08 Å². The van der Waals surface area contributed by atoms with E-state index in [4.69, 9.17) is 16.7 Å². The van der Waals surface area contributed by atoms with Crippen LogP contribution in [0.15, 0.2) is 95.6 Å². The zero-order valence-corrected chi connectivity index (χ0v) is 19.2. The summed E-state index contributed by atoms with van der Waals surface area (Å²) in [7, 11) is -3.37. The molecule has 1 saturated heterocycles. The van der Waals surface area contributed by atoms with E-state index in [0.717, 1.165) is 11.1 Å². The first kappa shape index (κ1) is 21.6. The van der Waals surface area contributed by atoms with Gasteiger partial charge in [0, 0.05) is 16.5 Å². The molecule has 33 heavy (non-hydrogen) atoms. The number of carbonyl (C=O) groups is 1. The van der Waals surface area contributed by atoms with Crippen molar-refractivity contribution in [2.45, 2.75) is 6.04 Å². The number of nitrogens with zero attached hydrogens (tertiary/aromatic N) is 2. The van der Waals surface area contributed by atoms with Gasteiger partial charge in [-0.1, -0.05) is 72.3 Å². The van der Waals surface area contributed by atoms with E-state index in [-0.39, 0.29) is 17.4 Å². The van der Waals surface area contributed by atoms with Gasteiger partial charge in [-0.05, 0) is 47.0 Å². The minimum absolute atomic E-state index is 0.0536. The zero-order chi connectivity index (χ0) is 23.0. The molecular weight excluding hydrogens is 456 g/mol. The molecule has 3 aromatic carbocycles. The molecule has 2 aliphatic rings. The highest BCUT2D eigenvalue weighted by Crippen LogP contribution is 2.42. The van der Waals surface area contributed by atoms with E-state index < -0.39 is 21.8 Å². The molecule has 2 unspecified atom stereocenters. The quantitative estimate of drug-likeness (QED) is 0.533. The maximum atomic E-state index is 13.5. The van der Waals surface area contributed by atoms with Crippen LogP contribution in [-0.4, -0.2) is 36.6 Å². The van der Waals surface area contributed by atoms with Gasteiger partial charge in [0.1, 0.15) is 0 Å². The largest absolute Gasteiger partial charge is 0.274 e. The molecule has 2 heterocycles. The second kappa shape index (κ2) is 8.61. The first-order chi connectivity index (χ1) is 15.9. The SMILES string of the molecule is O=C(c1ccc(Cl)cc1)N1N=C2/C(=C/c3ccccc3)CS(=O)(=O)CC2C1c1ccccc1. The third-order valence-electron chi connectivity index (χ3n) is 5.93. The Bertz CT molecular complexity index is 1350. The summed E-state index contributed by atoms with van der Waals surface area (Å²) in [4.78, 5) is 13.5. The predicted molar refractivity (Wildman–Crippen MR) is 131 cm³/mol. The van der Waals surface area contributed by atoms with Crippen molar-refractivity contribution >= 4 is 39.1 Å². The van der Waals surface area contributed by atoms with Crippen LogP contribution in [0.2, 0.25) is 5.02 Å². The average Bonchev–Trinajstić information content (AvgIpc) is 3.19. The number of sulfone groups is 1. The Morgan fingerprint density at radius 3 is 2.24 bits per heavy atom. The summed E-state index contributed by atoms with van der Waals surface area (Å²) in [5, 5.41) is 6.72. The minimum atomic E-state index is -3.37. The lowest BCUT2D eigenvalue weighted by atomic mass is 9.87. The van der Waals surface area contributed by atoms with Crippen LogP contribution in [0, 0.1) is 5.92 Å². The van der Waals surface area contributed by atoms with Gasteiger partial charge >= 0.3 is 0 Å². The highest BCUT2D eigenvalue weighted by Gasteiger charge is 2.47. The summed E-state index contributed by atoms with van der Waals surface area (Å²) in [6.45, 7) is 0. The zero-order valence-electron chi connectivity index (χ0n) is 17.6. The summed E-state index contributed by atoms with van der Waals surface area (Å²) >= 11 is 6.00. The van der Waals surface area contributed by atoms with Crippen LogP contribution in [0.3, 0.4) is 0 Å². The van der Waals surface area contributed by atoms with Crippen molar-refractivity contribution in [3.63, 3.8) is 0 Å². The highest BCUT2D eigenvalue weighted by atomic mass is 35.5. The monoisotopic (exact) mass is 476 g/mol. The second-order valence-electron chi connectivity index (χ2n) is 8.24. The molecule has 3 aromatic rings. The summed E-state index contributed by atoms with van der Waals surface area (Å²) in [6.07, 6.45) is 1.86. The first-order valence-corrected chi connectivity index (χ1v) is 12.8. The number of rotatable bonds is 3. The Balaban J connectivity index is 1.64. The van der Waals surface area contributed by atoms with Gasteiger partial charge in [-0.15, -0.1) is 0 Å². The maximum absolute atomic E-state index is 13.5. The highest BCUT2D eigenvalue weighted by molar-refractivity contribution is 7.91. The number of hydrazone groups is 1. The van der Waals surface area contributed by atoms with E-state index in [1.807, 2.05) is 66.7 Å². The predicted octanol–water partition coefficient (Wildman–Crippen LogP) is 5.02. The fourth-order valence-electron chi connectivity index (χ4n) is 4.47. The van der Waals surface area contributed by atoms with Gasteiger partial charge in [0.2, 0.25) is 0 Å². The number of amides is 1. The van der Waals surface area contributed by atoms with Crippen LogP contribution in [0.4, 0.5) is 0 Å². The van der Waals surface area contributed by atoms with Crippen LogP contribution in [-0.2, 0) is 9.84 Å². The third-order valence-corrected chi connectivity index (χ3v) is 7.80. The molecule has 2 aliphatic heterocycles. The standard InChI is InChI=1S/C26H21ClN2O3S/c27-22-13-11-20(12-14-22)26(30)29-25(19-9-5-2-6-10-19)23-17-33(31,32)16-21(24(23)28-29)15-18-7-3-1-4-8-18/h1-15,23,25H,16-17H2/b21-15+. The lowest BCUT2D eigenvalue weighted by molar-refractivity contribution is 0.0689. The number of halogens is 1. The fraction of sp³-hybridized carbons (Fsp3) is 0.154. The Labute approximate surface area is 197 Å². The van der Waals surface area contributed by atoms with E-state index in [1.165, 1.54) is 5.01 Å². The molecule has 0 aromatic heterocycles. The molecule has 5 nitrogen and oxygen atoms in total. The van der Waals surface area contributed by atoms with E-state index >= 15 is 0 Å². The Morgan fingerprint density at radius 2 is 1.58 bits per heavy atom. The van der Waals surface area contributed by atoms with Gasteiger partial charge in [-0.25, -0.2) is 13.4 Å². The van der Waals surface area contributed by atoms with Gasteiger partial charge in [0.05, 0.1) is 23.3 Å². The van der Waals surface area contributed by atoms with Crippen LogP contribution >= 0.6 is 11.6 Å². The lowest BCUT2D eigenvalue weighted by Crippen LogP contribution is -2.38. The lowest BCUT2D eigenvalue weighted by Gasteiger charge is -2.29. The normalized spacial score (nSPS) is 22.6. The molecule has 2 atom stereocenters. The maximum Gasteiger partial charge on any atom is 0.274 e. The van der Waals surface area contributed by atoms with Gasteiger partial charge in [0.25, 0.3) is 5.91 Å². The molecule has 5 rings (SSSR count). The molecule has 7 heteroatoms. The number of hydrogen-bond donors (Lipinski definition) is 0. The number of fused-ring (bicyclic) bond motifs is 1. The van der Waals surface area contributed by atoms with Gasteiger partial charge < -0.3 is 0 Å². The molecule has 166 valence electrons. The molecule has 1 amide bonds. The van der Waals surface area contributed by atoms with Gasteiger partial charge in [0.15, 0.2) is 9.84 Å². The van der Waals surface area contributed by atoms with Crippen molar-refractivity contribution in [1.29, 1.82) is 0 Å². The number of benzene rings is 3. The molecule has 0 spiro atoms. The number of hydrogen-bond acceptors (Lipinski definition) is 4. The van der Waals surface area contributed by atoms with Gasteiger partial charge in [-0.2, -0.15) is 5.10 Å². The van der Waals surface area contributed by atoms with Crippen LogP contribution in [0.5, 0.6) is 0 Å². The smallest absolute Gasteiger partial charge is 0.267 e. The number of carbonyl (C=O) groups excluding carboxylic acids is 1. The van der Waals surface area contributed by atoms with Crippen molar-refractivity contribution in [2.24, 2.45) is 11.0 Å². The van der Waals surface area contributed by atoms with Gasteiger partial charge in [-0.3, -0.25) is 4.79 Å². The van der Waals surface area contributed by atoms with Crippen molar-refractivity contribution in [1.82, 2.24) is 5.01 Å². The molecule has 0 N–H and O–H groups in total. The summed E-state index contributed by atoms with van der Waals surface area (Å²) in [5.74, 6) is -0.889. The van der Waals surface area contributed by atoms with Crippen molar-refractivity contribution < 1.29 is 13.2 Å². The summed E-state index contributed by atoms with van der Waals surface area (Å²) < 4.78 is 25.9. The van der Waals surface area contributed by atoms with E-state index in [2.05, 4.69) is 0 Å². The van der Waals surface area contributed by atoms with E-state index in [0.29, 0.717) is 21.9 Å². The third kappa shape index (κ3) is 4.36. The van der Waals surface area contributed by atoms with E-state index in [1.54, 1.807) is 24.3 Å². The Hall–Kier alpha value is -3.22. The molecule has 0 bridgehead atoms. The first-order valence-electron chi connectivity index (χ1n) is 10.6. The Morgan fingerprint density at radius 1 is 0.939 bits per heavy atom. The van der Waals surface area contributed by atoms with Crippen molar-refractivity contribution in [3.8, 4) is 0 Å². The van der Waals surface area contributed by atoms with Crippen LogP contribution < -0.4 is 0 Å². The van der Waals surface area contributed by atoms with Crippen molar-refractivity contribution in [2.75, 3.05) is 11.5 Å².